The lowest BCUT2D eigenvalue weighted by Crippen LogP contribution is -2.74. The van der Waals surface area contributed by atoms with Crippen LogP contribution in [-0.2, 0) is 62.3 Å². The van der Waals surface area contributed by atoms with Crippen LogP contribution in [0.25, 0.3) is 0 Å². The van der Waals surface area contributed by atoms with Crippen molar-refractivity contribution in [2.24, 2.45) is 17.3 Å². The van der Waals surface area contributed by atoms with Gasteiger partial charge in [0.1, 0.15) is 49.6 Å². The topological polar surface area (TPSA) is 247 Å². The molecule has 3 fully saturated rings. The average molecular weight is 1150 g/mol. The third kappa shape index (κ3) is 17.4. The summed E-state index contributed by atoms with van der Waals surface area (Å²) >= 11 is 5.95. The molecule has 2 saturated heterocycles. The molecule has 3 amide bonds. The molecule has 0 radical (unpaired) electrons. The van der Waals surface area contributed by atoms with Crippen LogP contribution in [0.15, 0.2) is 54.6 Å². The molecule has 2 heterocycles. The molecule has 1 saturated carbocycles. The number of methoxy groups -OCH3 is 1. The van der Waals surface area contributed by atoms with Gasteiger partial charge in [0.15, 0.2) is 11.6 Å². The zero-order chi connectivity index (χ0) is 58.4. The normalized spacial score (nSPS) is 19.3. The van der Waals surface area contributed by atoms with Crippen LogP contribution in [0.5, 0.6) is 11.5 Å². The van der Waals surface area contributed by atoms with Gasteiger partial charge in [-0.05, 0) is 98.7 Å². The lowest BCUT2D eigenvalue weighted by atomic mass is 9.59. The summed E-state index contributed by atoms with van der Waals surface area (Å²) in [5.74, 6) is -3.05. The van der Waals surface area contributed by atoms with Crippen LogP contribution >= 0.6 is 11.6 Å². The first kappa shape index (κ1) is 64.0. The van der Waals surface area contributed by atoms with Gasteiger partial charge in [0.25, 0.3) is 10.2 Å². The third-order valence-corrected chi connectivity index (χ3v) is 14.7. The van der Waals surface area contributed by atoms with E-state index in [4.69, 9.17) is 44.8 Å². The summed E-state index contributed by atoms with van der Waals surface area (Å²) < 4.78 is 66.3. The van der Waals surface area contributed by atoms with E-state index in [-0.39, 0.29) is 96.6 Å². The molecular weight excluding hydrogens is 1080 g/mol. The SMILES string of the molecule is CC.CCCN(Cc1ccc(OC)c(C)c1)C(=O)C(C)C1N(C(=O)OCCOCCO[N+](=O)[O-])C2CC(C(=O)N3CCCC3COC(=O)OCCOCCO[N+](=O)[O-])CC21Cc1ccc(CCCOc2c(F)ccc(F)c2Cl)cc1. The predicted octanol–water partition coefficient (Wildman–Crippen LogP) is 8.77. The standard InChI is InChI=1S/C53H68ClF2N5O17.C2H6/c1-5-18-57(33-39-14-17-44(70-4)35(2)29-39)49(62)36(3)48-53(31-38-12-10-37(11-13-38)8-7-20-73-47-43(56)16-15-42(55)46(47)54)32-40(30-45(53)59(48)51(64)74-25-21-71-23-27-77-60(66)67)50(63)58-19-6-9-41(58)34-76-52(65)75-26-22-72-24-28-78-61(68)69;1-2/h10-17,29,36,40-41,45,48H,5-9,18-28,30-34H2,1-4H3;1-2H3. The predicted molar refractivity (Wildman–Crippen MR) is 285 cm³/mol. The van der Waals surface area contributed by atoms with Gasteiger partial charge in [-0.3, -0.25) is 9.59 Å². The second-order valence-electron chi connectivity index (χ2n) is 19.4. The van der Waals surface area contributed by atoms with Crippen LogP contribution in [0.2, 0.25) is 5.02 Å². The van der Waals surface area contributed by atoms with Crippen LogP contribution in [0.1, 0.15) is 88.5 Å². The summed E-state index contributed by atoms with van der Waals surface area (Å²) in [6, 6.07) is 13.6. The Morgan fingerprint density at radius 2 is 1.46 bits per heavy atom. The molecule has 442 valence electrons. The molecule has 3 aromatic rings. The Bertz CT molecular complexity index is 2530. The number of aryl methyl sites for hydroxylation is 2. The number of amides is 3. The number of ether oxygens (including phenoxy) is 7. The van der Waals surface area contributed by atoms with Crippen molar-refractivity contribution in [1.82, 2.24) is 14.7 Å². The quantitative estimate of drug-likeness (QED) is 0.0192. The minimum atomic E-state index is -0.981. The maximum absolute atomic E-state index is 15.1. The van der Waals surface area contributed by atoms with E-state index in [0.29, 0.717) is 63.8 Å². The number of carbonyl (C=O) groups is 4. The van der Waals surface area contributed by atoms with Crippen molar-refractivity contribution in [2.45, 2.75) is 111 Å². The lowest BCUT2D eigenvalue weighted by molar-refractivity contribution is -0.758. The Balaban J connectivity index is 0.00000581. The minimum Gasteiger partial charge on any atom is -0.496 e. The number of fused-ring (bicyclic) bond motifs is 1. The molecule has 1 aliphatic carbocycles. The smallest absolute Gasteiger partial charge is 0.496 e. The summed E-state index contributed by atoms with van der Waals surface area (Å²) in [6.45, 7) is 9.31. The van der Waals surface area contributed by atoms with Gasteiger partial charge in [0, 0.05) is 37.0 Å². The second-order valence-corrected chi connectivity index (χ2v) is 19.8. The van der Waals surface area contributed by atoms with Crippen LogP contribution < -0.4 is 9.47 Å². The number of benzene rings is 3. The Hall–Kier alpha value is -6.79. The molecular formula is C55H74ClF2N5O17. The molecule has 0 aromatic heterocycles. The van der Waals surface area contributed by atoms with Gasteiger partial charge in [-0.1, -0.05) is 75.7 Å². The Morgan fingerprint density at radius 3 is 2.10 bits per heavy atom. The zero-order valence-electron chi connectivity index (χ0n) is 46.2. The highest BCUT2D eigenvalue weighted by molar-refractivity contribution is 6.32. The third-order valence-electron chi connectivity index (χ3n) is 14.3. The molecule has 6 rings (SSSR count). The molecule has 6 unspecified atom stereocenters. The monoisotopic (exact) mass is 1150 g/mol. The van der Waals surface area contributed by atoms with Crippen molar-refractivity contribution < 1.29 is 81.0 Å². The van der Waals surface area contributed by atoms with Gasteiger partial charge >= 0.3 is 12.2 Å². The first-order chi connectivity index (χ1) is 38.5. The highest BCUT2D eigenvalue weighted by atomic mass is 35.5. The maximum atomic E-state index is 15.1. The highest BCUT2D eigenvalue weighted by Gasteiger charge is 2.69. The van der Waals surface area contributed by atoms with Gasteiger partial charge < -0.3 is 57.5 Å². The van der Waals surface area contributed by atoms with E-state index in [0.717, 1.165) is 34.4 Å². The summed E-state index contributed by atoms with van der Waals surface area (Å²) in [6.07, 6.45) is 2.00. The maximum Gasteiger partial charge on any atom is 0.508 e. The summed E-state index contributed by atoms with van der Waals surface area (Å²) in [4.78, 5) is 91.6. The fraction of sp³-hybridized carbons (Fsp3) is 0.600. The number of nitrogens with zero attached hydrogens (tertiary/aromatic N) is 5. The molecule has 22 nitrogen and oxygen atoms in total. The van der Waals surface area contributed by atoms with Crippen molar-refractivity contribution in [3.63, 3.8) is 0 Å². The average Bonchev–Trinajstić information content (AvgIpc) is 4.23. The number of hydrogen-bond acceptors (Lipinski definition) is 17. The van der Waals surface area contributed by atoms with Crippen LogP contribution in [0.3, 0.4) is 0 Å². The van der Waals surface area contributed by atoms with Crippen molar-refractivity contribution in [3.05, 3.63) is 114 Å². The Labute approximate surface area is 469 Å². The summed E-state index contributed by atoms with van der Waals surface area (Å²) in [5.41, 5.74) is 2.75. The summed E-state index contributed by atoms with van der Waals surface area (Å²) in [7, 11) is 1.59. The molecule has 2 aliphatic heterocycles. The number of halogens is 3. The van der Waals surface area contributed by atoms with Crippen molar-refractivity contribution >= 4 is 35.7 Å². The van der Waals surface area contributed by atoms with Gasteiger partial charge in [0.2, 0.25) is 11.8 Å². The number of carbonyl (C=O) groups excluding carboxylic acids is 4. The van der Waals surface area contributed by atoms with Gasteiger partial charge in [-0.15, -0.1) is 20.2 Å². The van der Waals surface area contributed by atoms with Crippen molar-refractivity contribution in [1.29, 1.82) is 0 Å². The molecule has 0 bridgehead atoms. The fourth-order valence-electron chi connectivity index (χ4n) is 11.0. The van der Waals surface area contributed by atoms with E-state index in [1.807, 2.05) is 70.2 Å². The van der Waals surface area contributed by atoms with E-state index in [2.05, 4.69) is 9.68 Å². The highest BCUT2D eigenvalue weighted by Crippen LogP contribution is 2.61. The van der Waals surface area contributed by atoms with E-state index >= 15 is 4.79 Å². The fourth-order valence-corrected chi connectivity index (χ4v) is 11.2. The molecule has 0 spiro atoms. The second kappa shape index (κ2) is 31.9. The van der Waals surface area contributed by atoms with Gasteiger partial charge in [-0.2, -0.15) is 0 Å². The largest absolute Gasteiger partial charge is 0.508 e. The Morgan fingerprint density at radius 1 is 0.838 bits per heavy atom. The number of rotatable bonds is 31. The Kier molecular flexibility index (Phi) is 25.5. The van der Waals surface area contributed by atoms with Crippen LogP contribution in [0, 0.1) is 56.0 Å². The van der Waals surface area contributed by atoms with E-state index in [1.54, 1.807) is 28.7 Å². The van der Waals surface area contributed by atoms with E-state index < -0.39 is 74.5 Å². The van der Waals surface area contributed by atoms with Crippen LogP contribution in [-0.4, -0.2) is 153 Å². The number of likely N-dealkylation sites (tertiary alicyclic amines) is 2. The first-order valence-corrected chi connectivity index (χ1v) is 27.4. The van der Waals surface area contributed by atoms with Gasteiger partial charge in [-0.25, -0.2) is 18.4 Å². The van der Waals surface area contributed by atoms with Gasteiger partial charge in [0.05, 0.1) is 58.1 Å². The molecule has 80 heavy (non-hydrogen) atoms. The molecule has 0 N–H and O–H groups in total. The zero-order valence-corrected chi connectivity index (χ0v) is 47.0. The lowest BCUT2D eigenvalue weighted by Gasteiger charge is -2.62. The van der Waals surface area contributed by atoms with E-state index in [9.17, 15) is 43.4 Å². The molecule has 25 heteroatoms. The molecule has 6 atom stereocenters. The minimum absolute atomic E-state index is 0.0586. The number of hydrogen-bond donors (Lipinski definition) is 0. The van der Waals surface area contributed by atoms with Crippen LogP contribution in [0.4, 0.5) is 18.4 Å². The molecule has 3 aromatic carbocycles. The van der Waals surface area contributed by atoms with E-state index in [1.165, 1.54) is 0 Å². The molecule has 3 aliphatic rings. The van der Waals surface area contributed by atoms with Crippen molar-refractivity contribution in [3.8, 4) is 11.5 Å². The summed E-state index contributed by atoms with van der Waals surface area (Å²) in [5, 5.41) is 18.6. The van der Waals surface area contributed by atoms with Crippen molar-refractivity contribution in [2.75, 3.05) is 86.3 Å². The first-order valence-electron chi connectivity index (χ1n) is 27.0.